The fourth-order valence-corrected chi connectivity index (χ4v) is 4.94. The Bertz CT molecular complexity index is 521. The minimum atomic E-state index is -5.61. The highest BCUT2D eigenvalue weighted by atomic mass is 32.2. The van der Waals surface area contributed by atoms with Crippen LogP contribution < -0.4 is 0 Å². The van der Waals surface area contributed by atoms with E-state index in [1.165, 1.54) is 0 Å². The zero-order valence-electron chi connectivity index (χ0n) is 10.6. The van der Waals surface area contributed by atoms with Crippen LogP contribution >= 0.6 is 0 Å². The topological polar surface area (TPSA) is 55.9 Å². The van der Waals surface area contributed by atoms with Crippen LogP contribution in [0.5, 0.6) is 0 Å². The predicted molar refractivity (Wildman–Crippen MR) is 58.6 cm³/mol. The van der Waals surface area contributed by atoms with Gasteiger partial charge in [-0.3, -0.25) is 4.18 Å². The minimum Gasteiger partial charge on any atom is -0.366 e. The Balaban J connectivity index is 2.03. The maximum Gasteiger partial charge on any atom is 0.523 e. The molecule has 2 bridgehead atoms. The molecule has 3 atom stereocenters. The highest BCUT2D eigenvalue weighted by Crippen LogP contribution is 2.71. The van der Waals surface area contributed by atoms with Crippen molar-refractivity contribution < 1.29 is 30.5 Å². The Morgan fingerprint density at radius 2 is 1.89 bits per heavy atom. The minimum absolute atomic E-state index is 0.137. The Morgan fingerprint density at radius 1 is 1.32 bits per heavy atom. The Hall–Kier alpha value is -0.340. The highest BCUT2D eigenvalue weighted by molar-refractivity contribution is 7.87. The van der Waals surface area contributed by atoms with Gasteiger partial charge in [0.2, 0.25) is 0 Å². The molecular formula is C11H15F3O4S. The molecule has 2 unspecified atom stereocenters. The van der Waals surface area contributed by atoms with Crippen molar-refractivity contribution in [2.75, 3.05) is 6.61 Å². The highest BCUT2D eigenvalue weighted by Gasteiger charge is 2.80. The van der Waals surface area contributed by atoms with E-state index in [2.05, 4.69) is 0 Å². The van der Waals surface area contributed by atoms with Crippen LogP contribution in [0.15, 0.2) is 0 Å². The van der Waals surface area contributed by atoms with Crippen LogP contribution in [0.4, 0.5) is 13.2 Å². The van der Waals surface area contributed by atoms with Crippen LogP contribution in [0.3, 0.4) is 0 Å². The molecule has 1 spiro atoms. The standard InChI is InChI=1S/C11H15F3O4S/c1-8(2)7-3-4-10(8,9(5-7)6-17-9)18-19(15,16)11(12,13)14/h7H,3-6H2,1-2H3/t7?,9-,10?/m0/s1. The molecule has 1 aliphatic heterocycles. The zero-order valence-corrected chi connectivity index (χ0v) is 11.4. The smallest absolute Gasteiger partial charge is 0.366 e. The Kier molecular flexibility index (Phi) is 2.35. The lowest BCUT2D eigenvalue weighted by molar-refractivity contribution is -0.0924. The van der Waals surface area contributed by atoms with E-state index in [0.29, 0.717) is 19.3 Å². The van der Waals surface area contributed by atoms with Crippen molar-refractivity contribution in [2.24, 2.45) is 11.3 Å². The lowest BCUT2D eigenvalue weighted by atomic mass is 9.75. The molecule has 8 heteroatoms. The van der Waals surface area contributed by atoms with Crippen LogP contribution in [-0.4, -0.2) is 31.7 Å². The molecule has 0 aromatic carbocycles. The van der Waals surface area contributed by atoms with Crippen molar-refractivity contribution in [1.29, 1.82) is 0 Å². The zero-order chi connectivity index (χ0) is 14.3. The number of ether oxygens (including phenoxy) is 1. The van der Waals surface area contributed by atoms with Crippen LogP contribution in [0, 0.1) is 11.3 Å². The molecule has 3 rings (SSSR count). The van der Waals surface area contributed by atoms with E-state index in [4.69, 9.17) is 8.92 Å². The summed E-state index contributed by atoms with van der Waals surface area (Å²) in [4.78, 5) is 0. The average Bonchev–Trinajstić information content (AvgIpc) is 2.92. The van der Waals surface area contributed by atoms with Crippen molar-refractivity contribution >= 4 is 10.1 Å². The van der Waals surface area contributed by atoms with Gasteiger partial charge in [0.05, 0.1) is 6.61 Å². The second-order valence-electron chi connectivity index (χ2n) is 6.25. The lowest BCUT2D eigenvalue weighted by Gasteiger charge is -2.39. The number of epoxide rings is 1. The number of fused-ring (bicyclic) bond motifs is 3. The van der Waals surface area contributed by atoms with Gasteiger partial charge in [-0.1, -0.05) is 13.8 Å². The van der Waals surface area contributed by atoms with Gasteiger partial charge in [0.25, 0.3) is 0 Å². The fourth-order valence-electron chi connectivity index (χ4n) is 4.02. The molecule has 19 heavy (non-hydrogen) atoms. The summed E-state index contributed by atoms with van der Waals surface area (Å²) in [6.45, 7) is 3.82. The molecule has 2 saturated carbocycles. The quantitative estimate of drug-likeness (QED) is 0.446. The molecule has 0 amide bonds. The van der Waals surface area contributed by atoms with Gasteiger partial charge >= 0.3 is 15.6 Å². The summed E-state index contributed by atoms with van der Waals surface area (Å²) >= 11 is 0. The Morgan fingerprint density at radius 3 is 2.32 bits per heavy atom. The molecule has 1 saturated heterocycles. The van der Waals surface area contributed by atoms with Gasteiger partial charge < -0.3 is 4.74 Å². The molecule has 0 radical (unpaired) electrons. The number of alkyl halides is 3. The average molecular weight is 300 g/mol. The summed E-state index contributed by atoms with van der Waals surface area (Å²) in [5.41, 5.74) is -8.24. The normalized spacial score (nSPS) is 43.9. The van der Waals surface area contributed by atoms with Crippen LogP contribution in [-0.2, 0) is 19.0 Å². The van der Waals surface area contributed by atoms with Gasteiger partial charge in [-0.05, 0) is 25.2 Å². The van der Waals surface area contributed by atoms with E-state index >= 15 is 0 Å². The largest absolute Gasteiger partial charge is 0.523 e. The van der Waals surface area contributed by atoms with E-state index in [-0.39, 0.29) is 12.5 Å². The van der Waals surface area contributed by atoms with Gasteiger partial charge in [-0.25, -0.2) is 0 Å². The molecule has 1 heterocycles. The summed E-state index contributed by atoms with van der Waals surface area (Å²) in [7, 11) is -5.61. The first-order valence-electron chi connectivity index (χ1n) is 6.13. The third-order valence-corrected chi connectivity index (χ3v) is 6.32. The summed E-state index contributed by atoms with van der Waals surface area (Å²) in [5, 5.41) is 0. The third-order valence-electron chi connectivity index (χ3n) is 5.25. The maximum absolute atomic E-state index is 12.6. The molecule has 0 aromatic rings. The first-order valence-corrected chi connectivity index (χ1v) is 7.54. The molecule has 2 aliphatic carbocycles. The molecule has 4 nitrogen and oxygen atoms in total. The van der Waals surface area contributed by atoms with Crippen LogP contribution in [0.1, 0.15) is 33.1 Å². The molecule has 110 valence electrons. The third kappa shape index (κ3) is 1.45. The van der Waals surface area contributed by atoms with Gasteiger partial charge in [-0.2, -0.15) is 21.6 Å². The number of halogens is 3. The van der Waals surface area contributed by atoms with Gasteiger partial charge in [0.1, 0.15) is 11.2 Å². The van der Waals surface area contributed by atoms with E-state index < -0.39 is 32.2 Å². The van der Waals surface area contributed by atoms with E-state index in [9.17, 15) is 21.6 Å². The van der Waals surface area contributed by atoms with Crippen molar-refractivity contribution in [2.45, 2.75) is 49.8 Å². The number of hydrogen-bond donors (Lipinski definition) is 0. The van der Waals surface area contributed by atoms with Crippen molar-refractivity contribution in [3.63, 3.8) is 0 Å². The fraction of sp³-hybridized carbons (Fsp3) is 1.00. The Labute approximate surface area is 109 Å². The van der Waals surface area contributed by atoms with Gasteiger partial charge in [-0.15, -0.1) is 0 Å². The van der Waals surface area contributed by atoms with Crippen LogP contribution in [0.2, 0.25) is 0 Å². The maximum atomic E-state index is 12.6. The predicted octanol–water partition coefficient (Wildman–Crippen LogP) is 2.20. The molecule has 3 aliphatic rings. The first-order chi connectivity index (χ1) is 8.48. The SMILES string of the molecule is CC1(C)C2CCC1(OS(=O)(=O)C(F)(F)F)[C@@]1(CO1)C2. The number of hydrogen-bond acceptors (Lipinski definition) is 4. The lowest BCUT2D eigenvalue weighted by Crippen LogP contribution is -2.53. The van der Waals surface area contributed by atoms with Gasteiger partial charge in [0.15, 0.2) is 0 Å². The first kappa shape index (κ1) is 13.6. The molecule has 0 aromatic heterocycles. The van der Waals surface area contributed by atoms with E-state index in [1.54, 1.807) is 13.8 Å². The van der Waals surface area contributed by atoms with Crippen molar-refractivity contribution in [1.82, 2.24) is 0 Å². The second kappa shape index (κ2) is 3.28. The molecular weight excluding hydrogens is 285 g/mol. The summed E-state index contributed by atoms with van der Waals surface area (Å²) in [5.74, 6) is 0.137. The number of rotatable bonds is 2. The van der Waals surface area contributed by atoms with Crippen LogP contribution in [0.25, 0.3) is 0 Å². The summed E-state index contributed by atoms with van der Waals surface area (Å²) in [6, 6.07) is 0. The summed E-state index contributed by atoms with van der Waals surface area (Å²) in [6.07, 6.45) is 1.54. The van der Waals surface area contributed by atoms with Gasteiger partial charge in [0, 0.05) is 5.41 Å². The molecule has 0 N–H and O–H groups in total. The van der Waals surface area contributed by atoms with E-state index in [0.717, 1.165) is 0 Å². The second-order valence-corrected chi connectivity index (χ2v) is 7.79. The van der Waals surface area contributed by atoms with E-state index in [1.807, 2.05) is 0 Å². The van der Waals surface area contributed by atoms with Crippen molar-refractivity contribution in [3.8, 4) is 0 Å². The summed E-state index contributed by atoms with van der Waals surface area (Å²) < 4.78 is 70.6. The monoisotopic (exact) mass is 300 g/mol. The molecule has 3 fully saturated rings. The van der Waals surface area contributed by atoms with Crippen molar-refractivity contribution in [3.05, 3.63) is 0 Å².